The van der Waals surface area contributed by atoms with Crippen molar-refractivity contribution in [2.75, 3.05) is 23.8 Å². The first-order valence-corrected chi connectivity index (χ1v) is 8.38. The van der Waals surface area contributed by atoms with Crippen molar-refractivity contribution in [1.82, 2.24) is 9.97 Å². The molecule has 0 fully saturated rings. The zero-order valence-corrected chi connectivity index (χ0v) is 14.2. The molecule has 0 aliphatic carbocycles. The van der Waals surface area contributed by atoms with Crippen LogP contribution in [0.4, 0.5) is 17.5 Å². The van der Waals surface area contributed by atoms with E-state index in [0.717, 1.165) is 28.3 Å². The summed E-state index contributed by atoms with van der Waals surface area (Å²) in [5, 5.41) is 15.5. The van der Waals surface area contributed by atoms with Crippen LogP contribution in [0.5, 0.6) is 0 Å². The zero-order valence-electron chi connectivity index (χ0n) is 14.2. The van der Waals surface area contributed by atoms with E-state index in [9.17, 15) is 0 Å². The van der Waals surface area contributed by atoms with Crippen molar-refractivity contribution in [1.29, 1.82) is 0 Å². The van der Waals surface area contributed by atoms with E-state index in [4.69, 9.17) is 5.11 Å². The molecule has 0 bridgehead atoms. The smallest absolute Gasteiger partial charge is 0.225 e. The van der Waals surface area contributed by atoms with Crippen LogP contribution in [-0.4, -0.2) is 28.2 Å². The first kappa shape index (κ1) is 16.9. The van der Waals surface area contributed by atoms with Crippen LogP contribution in [-0.2, 0) is 0 Å². The van der Waals surface area contributed by atoms with E-state index in [1.807, 2.05) is 54.6 Å². The third-order valence-electron chi connectivity index (χ3n) is 3.82. The maximum absolute atomic E-state index is 8.96. The summed E-state index contributed by atoms with van der Waals surface area (Å²) in [6.07, 6.45) is 0.652. The van der Waals surface area contributed by atoms with Gasteiger partial charge in [-0.15, -0.1) is 0 Å². The van der Waals surface area contributed by atoms with E-state index in [-0.39, 0.29) is 6.61 Å². The minimum atomic E-state index is 0.139. The largest absolute Gasteiger partial charge is 0.396 e. The van der Waals surface area contributed by atoms with Crippen molar-refractivity contribution in [2.45, 2.75) is 13.3 Å². The van der Waals surface area contributed by atoms with E-state index >= 15 is 0 Å². The molecule has 3 N–H and O–H groups in total. The van der Waals surface area contributed by atoms with Crippen LogP contribution in [0, 0.1) is 6.92 Å². The topological polar surface area (TPSA) is 70.1 Å². The first-order chi connectivity index (χ1) is 12.3. The van der Waals surface area contributed by atoms with Gasteiger partial charge in [-0.1, -0.05) is 48.5 Å². The summed E-state index contributed by atoms with van der Waals surface area (Å²) in [6.45, 7) is 2.82. The second-order valence-corrected chi connectivity index (χ2v) is 5.77. The molecule has 3 rings (SSSR count). The summed E-state index contributed by atoms with van der Waals surface area (Å²) in [7, 11) is 0. The lowest BCUT2D eigenvalue weighted by Crippen LogP contribution is -2.09. The van der Waals surface area contributed by atoms with Gasteiger partial charge >= 0.3 is 0 Å². The van der Waals surface area contributed by atoms with Crippen molar-refractivity contribution in [2.24, 2.45) is 0 Å². The van der Waals surface area contributed by atoms with Gasteiger partial charge in [0.2, 0.25) is 5.95 Å². The number of hydrogen-bond donors (Lipinski definition) is 3. The van der Waals surface area contributed by atoms with Crippen LogP contribution in [0.1, 0.15) is 12.0 Å². The number of aliphatic hydroxyl groups excluding tert-OH is 1. The van der Waals surface area contributed by atoms with Crippen LogP contribution in [0.25, 0.3) is 11.3 Å². The highest BCUT2D eigenvalue weighted by Gasteiger charge is 2.08. The molecule has 3 aromatic rings. The van der Waals surface area contributed by atoms with Gasteiger partial charge in [0, 0.05) is 30.5 Å². The summed E-state index contributed by atoms with van der Waals surface area (Å²) in [6, 6.07) is 20.0. The molecule has 0 saturated heterocycles. The fraction of sp³-hybridized carbons (Fsp3) is 0.200. The van der Waals surface area contributed by atoms with Crippen LogP contribution in [0.3, 0.4) is 0 Å². The number of nitrogens with one attached hydrogen (secondary N) is 2. The molecule has 128 valence electrons. The quantitative estimate of drug-likeness (QED) is 0.570. The van der Waals surface area contributed by atoms with Crippen LogP contribution < -0.4 is 10.6 Å². The number of aliphatic hydroxyl groups is 1. The van der Waals surface area contributed by atoms with Crippen molar-refractivity contribution >= 4 is 17.5 Å². The predicted molar refractivity (Wildman–Crippen MR) is 102 cm³/mol. The second-order valence-electron chi connectivity index (χ2n) is 5.77. The molecule has 5 nitrogen and oxygen atoms in total. The molecular formula is C20H22N4O. The number of benzene rings is 2. The summed E-state index contributed by atoms with van der Waals surface area (Å²) in [5.74, 6) is 1.28. The number of nitrogens with zero attached hydrogens (tertiary/aromatic N) is 2. The lowest BCUT2D eigenvalue weighted by atomic mass is 10.1. The van der Waals surface area contributed by atoms with Crippen molar-refractivity contribution in [3.63, 3.8) is 0 Å². The Morgan fingerprint density at radius 3 is 2.48 bits per heavy atom. The molecule has 1 heterocycles. The Labute approximate surface area is 147 Å². The average molecular weight is 334 g/mol. The fourth-order valence-corrected chi connectivity index (χ4v) is 2.48. The maximum Gasteiger partial charge on any atom is 0.225 e. The lowest BCUT2D eigenvalue weighted by Gasteiger charge is -2.12. The van der Waals surface area contributed by atoms with Crippen molar-refractivity contribution in [3.05, 3.63) is 66.2 Å². The Hall–Kier alpha value is -2.92. The number of para-hydroxylation sites is 1. The van der Waals surface area contributed by atoms with E-state index in [1.165, 1.54) is 0 Å². The molecule has 0 radical (unpaired) electrons. The molecule has 1 aromatic heterocycles. The minimum absolute atomic E-state index is 0.139. The Bertz CT molecular complexity index is 821. The van der Waals surface area contributed by atoms with Gasteiger partial charge in [-0.05, 0) is 25.0 Å². The Morgan fingerprint density at radius 2 is 1.72 bits per heavy atom. The van der Waals surface area contributed by atoms with E-state index < -0.39 is 0 Å². The molecule has 0 saturated carbocycles. The molecule has 0 amide bonds. The van der Waals surface area contributed by atoms with Gasteiger partial charge in [-0.25, -0.2) is 4.98 Å². The third-order valence-corrected chi connectivity index (χ3v) is 3.82. The van der Waals surface area contributed by atoms with Crippen LogP contribution in [0.15, 0.2) is 60.7 Å². The van der Waals surface area contributed by atoms with Gasteiger partial charge in [0.25, 0.3) is 0 Å². The van der Waals surface area contributed by atoms with Gasteiger partial charge in [0.15, 0.2) is 0 Å². The fourth-order valence-electron chi connectivity index (χ4n) is 2.48. The van der Waals surface area contributed by atoms with E-state index in [2.05, 4.69) is 33.6 Å². The highest BCUT2D eigenvalue weighted by molar-refractivity contribution is 5.68. The van der Waals surface area contributed by atoms with E-state index in [0.29, 0.717) is 18.9 Å². The SMILES string of the molecule is Cc1ccccc1Nc1cc(-c2ccccc2)nc(NCCCO)n1. The Morgan fingerprint density at radius 1 is 0.960 bits per heavy atom. The lowest BCUT2D eigenvalue weighted by molar-refractivity contribution is 0.292. The standard InChI is InChI=1S/C20H22N4O/c1-15-8-5-6-11-17(15)22-19-14-18(16-9-3-2-4-10-16)23-20(24-19)21-12-7-13-25/h2-6,8-11,14,25H,7,12-13H2,1H3,(H2,21,22,23,24). The van der Waals surface area contributed by atoms with Crippen LogP contribution >= 0.6 is 0 Å². The number of anilines is 3. The molecule has 0 aliphatic heterocycles. The second kappa shape index (κ2) is 8.26. The van der Waals surface area contributed by atoms with Crippen molar-refractivity contribution < 1.29 is 5.11 Å². The first-order valence-electron chi connectivity index (χ1n) is 8.38. The van der Waals surface area contributed by atoms with Gasteiger partial charge in [0.05, 0.1) is 5.69 Å². The normalized spacial score (nSPS) is 10.5. The summed E-state index contributed by atoms with van der Waals surface area (Å²) >= 11 is 0. The summed E-state index contributed by atoms with van der Waals surface area (Å²) in [5.41, 5.74) is 4.04. The molecule has 0 aliphatic rings. The highest BCUT2D eigenvalue weighted by atomic mass is 16.3. The average Bonchev–Trinajstić information content (AvgIpc) is 2.64. The molecular weight excluding hydrogens is 312 g/mol. The zero-order chi connectivity index (χ0) is 17.5. The van der Waals surface area contributed by atoms with E-state index in [1.54, 1.807) is 0 Å². The van der Waals surface area contributed by atoms with Crippen molar-refractivity contribution in [3.8, 4) is 11.3 Å². The van der Waals surface area contributed by atoms with Gasteiger partial charge in [-0.2, -0.15) is 4.98 Å². The Kier molecular flexibility index (Phi) is 5.59. The maximum atomic E-state index is 8.96. The summed E-state index contributed by atoms with van der Waals surface area (Å²) in [4.78, 5) is 9.15. The van der Waals surface area contributed by atoms with Gasteiger partial charge in [0.1, 0.15) is 5.82 Å². The molecule has 5 heteroatoms. The number of hydrogen-bond acceptors (Lipinski definition) is 5. The molecule has 25 heavy (non-hydrogen) atoms. The molecule has 0 spiro atoms. The highest BCUT2D eigenvalue weighted by Crippen LogP contribution is 2.24. The molecule has 2 aromatic carbocycles. The monoisotopic (exact) mass is 334 g/mol. The minimum Gasteiger partial charge on any atom is -0.396 e. The van der Waals surface area contributed by atoms with Gasteiger partial charge in [-0.3, -0.25) is 0 Å². The van der Waals surface area contributed by atoms with Gasteiger partial charge < -0.3 is 15.7 Å². The van der Waals surface area contributed by atoms with Crippen LogP contribution in [0.2, 0.25) is 0 Å². The number of aromatic nitrogens is 2. The number of aryl methyl sites for hydroxylation is 1. The Balaban J connectivity index is 1.93. The predicted octanol–water partition coefficient (Wildman–Crippen LogP) is 3.99. The third kappa shape index (κ3) is 4.55. The summed E-state index contributed by atoms with van der Waals surface area (Å²) < 4.78 is 0. The molecule has 0 atom stereocenters. The molecule has 0 unspecified atom stereocenters. The number of rotatable bonds is 7.